The predicted molar refractivity (Wildman–Crippen MR) is 105 cm³/mol. The summed E-state index contributed by atoms with van der Waals surface area (Å²) in [6.45, 7) is 2.38. The number of unbranched alkanes of at least 4 members (excludes halogenated alkanes) is 3. The number of imide groups is 2. The second-order valence-electron chi connectivity index (χ2n) is 6.54. The molecule has 144 valence electrons. The van der Waals surface area contributed by atoms with Gasteiger partial charge in [-0.05, 0) is 12.5 Å². The van der Waals surface area contributed by atoms with E-state index < -0.39 is 17.8 Å². The van der Waals surface area contributed by atoms with E-state index in [0.717, 1.165) is 29.7 Å². The summed E-state index contributed by atoms with van der Waals surface area (Å²) in [5.41, 5.74) is 1.29. The van der Waals surface area contributed by atoms with Crippen LogP contribution in [0.15, 0.2) is 48.3 Å². The second kappa shape index (κ2) is 9.03. The highest BCUT2D eigenvalue weighted by molar-refractivity contribution is 6.30. The molecular weight excluding hydrogens is 356 g/mol. The summed E-state index contributed by atoms with van der Waals surface area (Å²) in [7, 11) is 0. The molecule has 1 aromatic carbocycles. The van der Waals surface area contributed by atoms with Crippen molar-refractivity contribution in [1.29, 1.82) is 0 Å². The first-order valence-corrected chi connectivity index (χ1v) is 9.36. The van der Waals surface area contributed by atoms with E-state index in [4.69, 9.17) is 0 Å². The van der Waals surface area contributed by atoms with Gasteiger partial charge in [0.2, 0.25) is 0 Å². The Morgan fingerprint density at radius 3 is 2.39 bits per heavy atom. The SMILES string of the molecule is CCCCCCN1C(=O)NC(=O)/C(=C\c2cnc(-c3ccccc3)nc2)C1=O. The molecular formula is C21H22N4O3. The highest BCUT2D eigenvalue weighted by Gasteiger charge is 2.35. The number of barbiturate groups is 1. The molecule has 1 aliphatic heterocycles. The van der Waals surface area contributed by atoms with Crippen LogP contribution in [-0.2, 0) is 9.59 Å². The molecule has 7 heteroatoms. The first kappa shape index (κ1) is 19.4. The molecule has 0 saturated carbocycles. The van der Waals surface area contributed by atoms with Crippen LogP contribution in [0.1, 0.15) is 38.2 Å². The van der Waals surface area contributed by atoms with Crippen molar-refractivity contribution in [3.05, 3.63) is 53.9 Å². The van der Waals surface area contributed by atoms with Crippen LogP contribution in [0.25, 0.3) is 17.5 Å². The number of carbonyl (C=O) groups excluding carboxylic acids is 3. The fraction of sp³-hybridized carbons (Fsp3) is 0.286. The average Bonchev–Trinajstić information content (AvgIpc) is 2.71. The number of benzene rings is 1. The predicted octanol–water partition coefficient (Wildman–Crippen LogP) is 3.19. The van der Waals surface area contributed by atoms with E-state index in [1.54, 1.807) is 12.4 Å². The fourth-order valence-corrected chi connectivity index (χ4v) is 2.91. The second-order valence-corrected chi connectivity index (χ2v) is 6.54. The van der Waals surface area contributed by atoms with E-state index in [0.29, 0.717) is 24.4 Å². The lowest BCUT2D eigenvalue weighted by Gasteiger charge is -2.26. The zero-order valence-electron chi connectivity index (χ0n) is 15.7. The lowest BCUT2D eigenvalue weighted by Crippen LogP contribution is -2.54. The lowest BCUT2D eigenvalue weighted by molar-refractivity contribution is -0.130. The van der Waals surface area contributed by atoms with Gasteiger partial charge in [-0.1, -0.05) is 56.5 Å². The number of hydrogen-bond donors (Lipinski definition) is 1. The summed E-state index contributed by atoms with van der Waals surface area (Å²) < 4.78 is 0. The van der Waals surface area contributed by atoms with Crippen molar-refractivity contribution in [3.63, 3.8) is 0 Å². The maximum Gasteiger partial charge on any atom is 0.331 e. The quantitative estimate of drug-likeness (QED) is 0.454. The lowest BCUT2D eigenvalue weighted by atomic mass is 10.1. The monoisotopic (exact) mass is 378 g/mol. The molecule has 0 atom stereocenters. The molecule has 1 aliphatic rings. The fourth-order valence-electron chi connectivity index (χ4n) is 2.91. The highest BCUT2D eigenvalue weighted by atomic mass is 16.2. The molecule has 0 aliphatic carbocycles. The first-order valence-electron chi connectivity index (χ1n) is 9.36. The van der Waals surface area contributed by atoms with Gasteiger partial charge in [-0.15, -0.1) is 0 Å². The molecule has 4 amide bonds. The van der Waals surface area contributed by atoms with Crippen molar-refractivity contribution >= 4 is 23.9 Å². The zero-order valence-corrected chi connectivity index (χ0v) is 15.7. The van der Waals surface area contributed by atoms with Crippen LogP contribution in [0.2, 0.25) is 0 Å². The summed E-state index contributed by atoms with van der Waals surface area (Å²) in [6, 6.07) is 8.82. The molecule has 0 radical (unpaired) electrons. The van der Waals surface area contributed by atoms with E-state index in [1.165, 1.54) is 6.08 Å². The van der Waals surface area contributed by atoms with Crippen LogP contribution in [-0.4, -0.2) is 39.3 Å². The molecule has 1 fully saturated rings. The minimum atomic E-state index is -0.702. The van der Waals surface area contributed by atoms with Crippen molar-refractivity contribution in [3.8, 4) is 11.4 Å². The highest BCUT2D eigenvalue weighted by Crippen LogP contribution is 2.17. The first-order chi connectivity index (χ1) is 13.6. The molecule has 7 nitrogen and oxygen atoms in total. The standard InChI is InChI=1S/C21H22N4O3/c1-2-3-4-8-11-25-20(27)17(19(26)24-21(25)28)12-15-13-22-18(23-14-15)16-9-6-5-7-10-16/h5-7,9-10,12-14H,2-4,8,11H2,1H3,(H,24,26,28)/b17-12+. The van der Waals surface area contributed by atoms with E-state index in [2.05, 4.69) is 22.2 Å². The van der Waals surface area contributed by atoms with Gasteiger partial charge in [-0.2, -0.15) is 0 Å². The van der Waals surface area contributed by atoms with Gasteiger partial charge in [0, 0.05) is 30.1 Å². The Morgan fingerprint density at radius 2 is 1.71 bits per heavy atom. The number of nitrogens with one attached hydrogen (secondary N) is 1. The Bertz CT molecular complexity index is 892. The molecule has 0 bridgehead atoms. The van der Waals surface area contributed by atoms with Gasteiger partial charge in [0.15, 0.2) is 5.82 Å². The Balaban J connectivity index is 1.76. The third-order valence-corrected chi connectivity index (χ3v) is 4.44. The molecule has 3 rings (SSSR count). The third kappa shape index (κ3) is 4.49. The summed E-state index contributed by atoms with van der Waals surface area (Å²) in [4.78, 5) is 46.4. The van der Waals surface area contributed by atoms with Gasteiger partial charge in [0.25, 0.3) is 11.8 Å². The maximum absolute atomic E-state index is 12.6. The summed E-state index contributed by atoms with van der Waals surface area (Å²) >= 11 is 0. The van der Waals surface area contributed by atoms with E-state index in [9.17, 15) is 14.4 Å². The molecule has 2 aromatic rings. The zero-order chi connectivity index (χ0) is 19.9. The summed E-state index contributed by atoms with van der Waals surface area (Å²) in [5.74, 6) is -0.737. The number of amides is 4. The van der Waals surface area contributed by atoms with Crippen LogP contribution >= 0.6 is 0 Å². The Hall–Kier alpha value is -3.35. The Labute approximate surface area is 163 Å². The Morgan fingerprint density at radius 1 is 1.00 bits per heavy atom. The minimum absolute atomic E-state index is 0.0915. The van der Waals surface area contributed by atoms with E-state index in [-0.39, 0.29) is 5.57 Å². The largest absolute Gasteiger partial charge is 0.331 e. The smallest absolute Gasteiger partial charge is 0.273 e. The average molecular weight is 378 g/mol. The molecule has 0 spiro atoms. The van der Waals surface area contributed by atoms with Crippen LogP contribution in [0.4, 0.5) is 4.79 Å². The summed E-state index contributed by atoms with van der Waals surface area (Å²) in [5, 5.41) is 2.23. The van der Waals surface area contributed by atoms with Gasteiger partial charge >= 0.3 is 6.03 Å². The van der Waals surface area contributed by atoms with Gasteiger partial charge in [-0.25, -0.2) is 14.8 Å². The topological polar surface area (TPSA) is 92.3 Å². The van der Waals surface area contributed by atoms with E-state index >= 15 is 0 Å². The number of rotatable bonds is 7. The number of carbonyl (C=O) groups is 3. The molecule has 2 heterocycles. The maximum atomic E-state index is 12.6. The van der Waals surface area contributed by atoms with Gasteiger partial charge in [-0.3, -0.25) is 19.8 Å². The number of hydrogen-bond acceptors (Lipinski definition) is 5. The van der Waals surface area contributed by atoms with Crippen molar-refractivity contribution in [2.24, 2.45) is 0 Å². The molecule has 1 aromatic heterocycles. The number of aromatic nitrogens is 2. The normalized spacial score (nSPS) is 15.8. The molecule has 1 saturated heterocycles. The van der Waals surface area contributed by atoms with Gasteiger partial charge < -0.3 is 0 Å². The van der Waals surface area contributed by atoms with Crippen molar-refractivity contribution in [1.82, 2.24) is 20.2 Å². The number of urea groups is 1. The van der Waals surface area contributed by atoms with Crippen LogP contribution in [0.5, 0.6) is 0 Å². The van der Waals surface area contributed by atoms with E-state index in [1.807, 2.05) is 30.3 Å². The van der Waals surface area contributed by atoms with Crippen molar-refractivity contribution in [2.45, 2.75) is 32.6 Å². The van der Waals surface area contributed by atoms with Gasteiger partial charge in [0.1, 0.15) is 5.57 Å². The van der Waals surface area contributed by atoms with Crippen LogP contribution < -0.4 is 5.32 Å². The van der Waals surface area contributed by atoms with Crippen LogP contribution in [0, 0.1) is 0 Å². The minimum Gasteiger partial charge on any atom is -0.273 e. The number of nitrogens with zero attached hydrogens (tertiary/aromatic N) is 3. The third-order valence-electron chi connectivity index (χ3n) is 4.44. The molecule has 0 unspecified atom stereocenters. The molecule has 28 heavy (non-hydrogen) atoms. The summed E-state index contributed by atoms with van der Waals surface area (Å²) in [6.07, 6.45) is 8.24. The van der Waals surface area contributed by atoms with Gasteiger partial charge in [0.05, 0.1) is 0 Å². The molecule has 1 N–H and O–H groups in total. The van der Waals surface area contributed by atoms with Crippen molar-refractivity contribution < 1.29 is 14.4 Å². The Kier molecular flexibility index (Phi) is 6.26. The van der Waals surface area contributed by atoms with Crippen molar-refractivity contribution in [2.75, 3.05) is 6.54 Å². The van der Waals surface area contributed by atoms with Crippen LogP contribution in [0.3, 0.4) is 0 Å².